The van der Waals surface area contributed by atoms with E-state index in [0.29, 0.717) is 12.2 Å². The maximum Gasteiger partial charge on any atom is 0.322 e. The zero-order valence-corrected chi connectivity index (χ0v) is 15.2. The average molecular weight is 359 g/mol. The van der Waals surface area contributed by atoms with Gasteiger partial charge in [0.15, 0.2) is 5.82 Å². The number of halogens is 1. The van der Waals surface area contributed by atoms with E-state index in [1.54, 1.807) is 17.0 Å². The summed E-state index contributed by atoms with van der Waals surface area (Å²) in [5.74, 6) is 1.36. The van der Waals surface area contributed by atoms with Crippen LogP contribution in [0, 0.1) is 5.82 Å². The lowest BCUT2D eigenvalue weighted by Gasteiger charge is -2.23. The Morgan fingerprint density at radius 3 is 3.00 bits per heavy atom. The molecule has 26 heavy (non-hydrogen) atoms. The van der Waals surface area contributed by atoms with Gasteiger partial charge >= 0.3 is 6.03 Å². The molecule has 0 saturated carbocycles. The number of rotatable bonds is 6. The summed E-state index contributed by atoms with van der Waals surface area (Å²) in [5.41, 5.74) is 0.518. The second-order valence-corrected chi connectivity index (χ2v) is 6.65. The number of benzene rings is 1. The highest BCUT2D eigenvalue weighted by Crippen LogP contribution is 2.20. The molecule has 1 aliphatic heterocycles. The molecule has 6 nitrogen and oxygen atoms in total. The number of nitrogens with zero attached hydrogens (tertiary/aromatic N) is 4. The number of urea groups is 1. The molecule has 0 atom stereocenters. The molecule has 140 valence electrons. The number of anilines is 1. The van der Waals surface area contributed by atoms with Crippen molar-refractivity contribution in [2.45, 2.75) is 58.5 Å². The van der Waals surface area contributed by atoms with E-state index in [4.69, 9.17) is 0 Å². The molecule has 2 heterocycles. The van der Waals surface area contributed by atoms with Crippen molar-refractivity contribution in [1.82, 2.24) is 20.1 Å². The third-order valence-corrected chi connectivity index (χ3v) is 4.66. The summed E-state index contributed by atoms with van der Waals surface area (Å²) >= 11 is 0. The number of carbonyl (C=O) groups excluding carboxylic acids is 1. The Morgan fingerprint density at radius 2 is 2.19 bits per heavy atom. The van der Waals surface area contributed by atoms with Crippen molar-refractivity contribution in [2.75, 3.05) is 11.4 Å². The first-order chi connectivity index (χ1) is 12.7. The van der Waals surface area contributed by atoms with E-state index in [1.165, 1.54) is 18.6 Å². The van der Waals surface area contributed by atoms with E-state index in [0.717, 1.165) is 50.3 Å². The maximum absolute atomic E-state index is 13.7. The largest absolute Gasteiger partial charge is 0.338 e. The van der Waals surface area contributed by atoms with Crippen LogP contribution in [0.25, 0.3) is 0 Å². The smallest absolute Gasteiger partial charge is 0.322 e. The third-order valence-electron chi connectivity index (χ3n) is 4.66. The van der Waals surface area contributed by atoms with Gasteiger partial charge in [0, 0.05) is 25.2 Å². The van der Waals surface area contributed by atoms with Gasteiger partial charge in [0.1, 0.15) is 11.6 Å². The fraction of sp³-hybridized carbons (Fsp3) is 0.526. The number of aromatic nitrogens is 3. The van der Waals surface area contributed by atoms with Crippen molar-refractivity contribution in [3.05, 3.63) is 41.7 Å². The van der Waals surface area contributed by atoms with Gasteiger partial charge in [-0.25, -0.2) is 9.18 Å². The van der Waals surface area contributed by atoms with Crippen molar-refractivity contribution in [1.29, 1.82) is 0 Å². The first kappa shape index (κ1) is 18.4. The van der Waals surface area contributed by atoms with Gasteiger partial charge in [-0.15, -0.1) is 10.2 Å². The van der Waals surface area contributed by atoms with Crippen LogP contribution in [-0.2, 0) is 19.5 Å². The van der Waals surface area contributed by atoms with Gasteiger partial charge in [0.2, 0.25) is 0 Å². The van der Waals surface area contributed by atoms with Gasteiger partial charge in [-0.3, -0.25) is 4.90 Å². The molecule has 7 heteroatoms. The Labute approximate surface area is 153 Å². The molecule has 0 saturated heterocycles. The van der Waals surface area contributed by atoms with Gasteiger partial charge < -0.3 is 9.88 Å². The molecule has 0 radical (unpaired) electrons. The first-order valence-electron chi connectivity index (χ1n) is 9.41. The second-order valence-electron chi connectivity index (χ2n) is 6.65. The Balaban J connectivity index is 1.84. The van der Waals surface area contributed by atoms with Crippen LogP contribution in [0.15, 0.2) is 24.3 Å². The van der Waals surface area contributed by atoms with Gasteiger partial charge in [-0.1, -0.05) is 25.8 Å². The molecule has 0 unspecified atom stereocenters. The summed E-state index contributed by atoms with van der Waals surface area (Å²) in [5, 5.41) is 11.5. The number of hydrogen-bond acceptors (Lipinski definition) is 3. The topological polar surface area (TPSA) is 63.1 Å². The highest BCUT2D eigenvalue weighted by atomic mass is 19.1. The molecule has 1 N–H and O–H groups in total. The Kier molecular flexibility index (Phi) is 6.20. The van der Waals surface area contributed by atoms with Crippen LogP contribution < -0.4 is 10.2 Å². The number of carbonyl (C=O) groups is 1. The highest BCUT2D eigenvalue weighted by Gasteiger charge is 2.22. The minimum Gasteiger partial charge on any atom is -0.338 e. The average Bonchev–Trinajstić information content (AvgIpc) is 2.86. The van der Waals surface area contributed by atoms with Gasteiger partial charge in [0.05, 0.1) is 6.54 Å². The molecule has 0 bridgehead atoms. The molecule has 3 rings (SSSR count). The van der Waals surface area contributed by atoms with Crippen molar-refractivity contribution in [3.8, 4) is 0 Å². The lowest BCUT2D eigenvalue weighted by atomic mass is 10.2. The van der Waals surface area contributed by atoms with Gasteiger partial charge in [-0.05, 0) is 37.5 Å². The third kappa shape index (κ3) is 4.39. The fourth-order valence-electron chi connectivity index (χ4n) is 3.20. The normalized spacial score (nSPS) is 13.8. The first-order valence-corrected chi connectivity index (χ1v) is 9.41. The fourth-order valence-corrected chi connectivity index (χ4v) is 3.20. The molecule has 1 aliphatic rings. The predicted molar refractivity (Wildman–Crippen MR) is 98.5 cm³/mol. The van der Waals surface area contributed by atoms with E-state index in [1.807, 2.05) is 0 Å². The van der Waals surface area contributed by atoms with E-state index in [9.17, 15) is 9.18 Å². The van der Waals surface area contributed by atoms with Crippen molar-refractivity contribution >= 4 is 11.7 Å². The van der Waals surface area contributed by atoms with Crippen molar-refractivity contribution < 1.29 is 9.18 Å². The summed E-state index contributed by atoms with van der Waals surface area (Å²) in [7, 11) is 0. The quantitative estimate of drug-likeness (QED) is 0.801. The number of fused-ring (bicyclic) bond motifs is 1. The van der Waals surface area contributed by atoms with Gasteiger partial charge in [-0.2, -0.15) is 0 Å². The predicted octanol–water partition coefficient (Wildman–Crippen LogP) is 3.66. The van der Waals surface area contributed by atoms with Crippen LogP contribution in [0.3, 0.4) is 0 Å². The Bertz CT molecular complexity index is 745. The van der Waals surface area contributed by atoms with Crippen LogP contribution in [0.1, 0.15) is 50.7 Å². The SMILES string of the molecule is CCCCNC(=O)N(Cc1nnc2n1CCCCC2)c1cccc(F)c1. The standard InChI is InChI=1S/C19H26FN5O/c1-2-3-11-21-19(26)25(16-9-7-8-15(20)13-16)14-18-23-22-17-10-5-4-6-12-24(17)18/h7-9,13H,2-6,10-12,14H2,1H3,(H,21,26). The molecule has 1 aromatic carbocycles. The second kappa shape index (κ2) is 8.78. The maximum atomic E-state index is 13.7. The molecular weight excluding hydrogens is 333 g/mol. The minimum atomic E-state index is -0.367. The zero-order chi connectivity index (χ0) is 18.4. The van der Waals surface area contributed by atoms with Gasteiger partial charge in [0.25, 0.3) is 0 Å². The minimum absolute atomic E-state index is 0.241. The lowest BCUT2D eigenvalue weighted by molar-refractivity contribution is 0.245. The van der Waals surface area contributed by atoms with Crippen LogP contribution >= 0.6 is 0 Å². The molecule has 2 amide bonds. The number of amides is 2. The summed E-state index contributed by atoms with van der Waals surface area (Å²) in [4.78, 5) is 14.3. The van der Waals surface area contributed by atoms with E-state index < -0.39 is 0 Å². The molecule has 2 aromatic rings. The molecule has 1 aromatic heterocycles. The molecular formula is C19H26FN5O. The summed E-state index contributed by atoms with van der Waals surface area (Å²) in [6.07, 6.45) is 6.19. The van der Waals surface area contributed by atoms with Crippen molar-refractivity contribution in [3.63, 3.8) is 0 Å². The van der Waals surface area contributed by atoms with Crippen LogP contribution in [0.4, 0.5) is 14.9 Å². The summed E-state index contributed by atoms with van der Waals surface area (Å²) in [6.45, 7) is 3.81. The molecule has 0 fully saturated rings. The van der Waals surface area contributed by atoms with E-state index >= 15 is 0 Å². The van der Waals surface area contributed by atoms with Crippen molar-refractivity contribution in [2.24, 2.45) is 0 Å². The summed E-state index contributed by atoms with van der Waals surface area (Å²) < 4.78 is 15.8. The van der Waals surface area contributed by atoms with Crippen LogP contribution in [0.5, 0.6) is 0 Å². The number of hydrogen-bond donors (Lipinski definition) is 1. The lowest BCUT2D eigenvalue weighted by Crippen LogP contribution is -2.40. The number of unbranched alkanes of at least 4 members (excludes halogenated alkanes) is 1. The Hall–Kier alpha value is -2.44. The monoisotopic (exact) mass is 359 g/mol. The Morgan fingerprint density at radius 1 is 1.31 bits per heavy atom. The zero-order valence-electron chi connectivity index (χ0n) is 15.2. The molecule has 0 aliphatic carbocycles. The van der Waals surface area contributed by atoms with E-state index in [-0.39, 0.29) is 18.4 Å². The van der Waals surface area contributed by atoms with Crippen LogP contribution in [0.2, 0.25) is 0 Å². The number of nitrogens with one attached hydrogen (secondary N) is 1. The highest BCUT2D eigenvalue weighted by molar-refractivity contribution is 5.91. The molecule has 0 spiro atoms. The van der Waals surface area contributed by atoms with Crippen LogP contribution in [-0.4, -0.2) is 27.3 Å². The summed E-state index contributed by atoms with van der Waals surface area (Å²) in [6, 6.07) is 5.86. The number of aryl methyl sites for hydroxylation is 1. The van der Waals surface area contributed by atoms with E-state index in [2.05, 4.69) is 27.0 Å².